The summed E-state index contributed by atoms with van der Waals surface area (Å²) >= 11 is 0. The van der Waals surface area contributed by atoms with E-state index in [2.05, 4.69) is 5.32 Å². The van der Waals surface area contributed by atoms with E-state index >= 15 is 0 Å². The van der Waals surface area contributed by atoms with Gasteiger partial charge in [-0.05, 0) is 55.0 Å². The van der Waals surface area contributed by atoms with Crippen LogP contribution < -0.4 is 10.1 Å². The minimum atomic E-state index is -0.928. The van der Waals surface area contributed by atoms with Crippen LogP contribution in [0.4, 0.5) is 5.69 Å². The predicted molar refractivity (Wildman–Crippen MR) is 113 cm³/mol. The first-order chi connectivity index (χ1) is 14.1. The van der Waals surface area contributed by atoms with E-state index in [1.54, 1.807) is 30.3 Å². The van der Waals surface area contributed by atoms with Crippen LogP contribution in [0.25, 0.3) is 6.08 Å². The molecule has 0 aromatic heterocycles. The van der Waals surface area contributed by atoms with Crippen LogP contribution in [0.15, 0.2) is 91.0 Å². The Kier molecular flexibility index (Phi) is 6.79. The van der Waals surface area contributed by atoms with Gasteiger partial charge >= 0.3 is 5.97 Å². The number of nitrogens with one attached hydrogen (secondary N) is 1. The van der Waals surface area contributed by atoms with Crippen molar-refractivity contribution in [2.24, 2.45) is 0 Å². The molecule has 5 heteroatoms. The standard InChI is InChI=1S/C24H21NO4/c1-18(28-23(26)17-12-19-8-4-2-5-9-19)24(27)25-20-13-15-22(16-14-20)29-21-10-6-3-7-11-21/h2-18H,1H3,(H,25,27)/b17-12+. The molecule has 0 aliphatic rings. The lowest BCUT2D eigenvalue weighted by atomic mass is 10.2. The number of amides is 1. The van der Waals surface area contributed by atoms with Crippen LogP contribution in [-0.4, -0.2) is 18.0 Å². The summed E-state index contributed by atoms with van der Waals surface area (Å²) in [5.41, 5.74) is 1.46. The first-order valence-electron chi connectivity index (χ1n) is 9.18. The van der Waals surface area contributed by atoms with E-state index in [4.69, 9.17) is 9.47 Å². The van der Waals surface area contributed by atoms with E-state index in [0.717, 1.165) is 11.3 Å². The van der Waals surface area contributed by atoms with Gasteiger partial charge in [-0.15, -0.1) is 0 Å². The van der Waals surface area contributed by atoms with Crippen LogP contribution in [0.2, 0.25) is 0 Å². The Morgan fingerprint density at radius 3 is 2.07 bits per heavy atom. The van der Waals surface area contributed by atoms with Gasteiger partial charge in [-0.1, -0.05) is 48.5 Å². The number of anilines is 1. The first kappa shape index (κ1) is 19.9. The molecular formula is C24H21NO4. The molecule has 29 heavy (non-hydrogen) atoms. The zero-order valence-corrected chi connectivity index (χ0v) is 15.9. The Labute approximate surface area is 169 Å². The number of esters is 1. The van der Waals surface area contributed by atoms with E-state index < -0.39 is 18.0 Å². The van der Waals surface area contributed by atoms with E-state index in [0.29, 0.717) is 11.4 Å². The van der Waals surface area contributed by atoms with Gasteiger partial charge in [-0.3, -0.25) is 4.79 Å². The second-order valence-electron chi connectivity index (χ2n) is 6.25. The third kappa shape index (κ3) is 6.36. The van der Waals surface area contributed by atoms with Gasteiger partial charge in [0.2, 0.25) is 0 Å². The average molecular weight is 387 g/mol. The fourth-order valence-electron chi connectivity index (χ4n) is 2.47. The molecule has 0 saturated heterocycles. The van der Waals surface area contributed by atoms with Crippen molar-refractivity contribution in [1.82, 2.24) is 0 Å². The molecule has 0 aliphatic heterocycles. The SMILES string of the molecule is CC(OC(=O)/C=C/c1ccccc1)C(=O)Nc1ccc(Oc2ccccc2)cc1. The summed E-state index contributed by atoms with van der Waals surface area (Å²) in [6.07, 6.45) is 2.01. The van der Waals surface area contributed by atoms with Crippen LogP contribution in [-0.2, 0) is 14.3 Å². The normalized spacial score (nSPS) is 11.6. The minimum Gasteiger partial charge on any atom is -0.457 e. The largest absolute Gasteiger partial charge is 0.457 e. The minimum absolute atomic E-state index is 0.414. The van der Waals surface area contributed by atoms with Crippen LogP contribution in [0.5, 0.6) is 11.5 Å². The van der Waals surface area contributed by atoms with Gasteiger partial charge in [-0.25, -0.2) is 4.79 Å². The number of benzene rings is 3. The van der Waals surface area contributed by atoms with Crippen LogP contribution in [0.1, 0.15) is 12.5 Å². The van der Waals surface area contributed by atoms with Gasteiger partial charge in [0.25, 0.3) is 5.91 Å². The summed E-state index contributed by atoms with van der Waals surface area (Å²) in [6, 6.07) is 25.7. The highest BCUT2D eigenvalue weighted by Gasteiger charge is 2.16. The molecular weight excluding hydrogens is 366 g/mol. The highest BCUT2D eigenvalue weighted by molar-refractivity contribution is 5.96. The average Bonchev–Trinajstić information content (AvgIpc) is 2.75. The molecule has 0 spiro atoms. The van der Waals surface area contributed by atoms with Crippen molar-refractivity contribution in [3.8, 4) is 11.5 Å². The summed E-state index contributed by atoms with van der Waals surface area (Å²) in [7, 11) is 0. The molecule has 1 amide bonds. The Morgan fingerprint density at radius 1 is 0.828 bits per heavy atom. The Hall–Kier alpha value is -3.86. The highest BCUT2D eigenvalue weighted by atomic mass is 16.5. The van der Waals surface area contributed by atoms with Crippen molar-refractivity contribution in [1.29, 1.82) is 0 Å². The smallest absolute Gasteiger partial charge is 0.331 e. The summed E-state index contributed by atoms with van der Waals surface area (Å²) in [6.45, 7) is 1.52. The lowest BCUT2D eigenvalue weighted by Crippen LogP contribution is -2.29. The highest BCUT2D eigenvalue weighted by Crippen LogP contribution is 2.22. The quantitative estimate of drug-likeness (QED) is 0.454. The number of para-hydroxylation sites is 1. The molecule has 1 unspecified atom stereocenters. The van der Waals surface area contributed by atoms with Crippen molar-refractivity contribution in [2.45, 2.75) is 13.0 Å². The molecule has 0 radical (unpaired) electrons. The number of ether oxygens (including phenoxy) is 2. The molecule has 0 bridgehead atoms. The zero-order chi connectivity index (χ0) is 20.5. The monoisotopic (exact) mass is 387 g/mol. The van der Waals surface area contributed by atoms with Gasteiger partial charge < -0.3 is 14.8 Å². The van der Waals surface area contributed by atoms with Gasteiger partial charge in [0.1, 0.15) is 11.5 Å². The maximum Gasteiger partial charge on any atom is 0.331 e. The number of rotatable bonds is 7. The van der Waals surface area contributed by atoms with Gasteiger partial charge in [-0.2, -0.15) is 0 Å². The predicted octanol–water partition coefficient (Wildman–Crippen LogP) is 5.06. The molecule has 3 rings (SSSR count). The molecule has 146 valence electrons. The fourth-order valence-corrected chi connectivity index (χ4v) is 2.47. The van der Waals surface area contributed by atoms with Crippen molar-refractivity contribution >= 4 is 23.6 Å². The zero-order valence-electron chi connectivity index (χ0n) is 15.9. The first-order valence-corrected chi connectivity index (χ1v) is 9.18. The molecule has 0 saturated carbocycles. The lowest BCUT2D eigenvalue weighted by Gasteiger charge is -2.13. The maximum absolute atomic E-state index is 12.3. The molecule has 1 atom stereocenters. The van der Waals surface area contributed by atoms with Gasteiger partial charge in [0, 0.05) is 11.8 Å². The fraction of sp³-hybridized carbons (Fsp3) is 0.0833. The number of hydrogen-bond donors (Lipinski definition) is 1. The summed E-state index contributed by atoms with van der Waals surface area (Å²) in [4.78, 5) is 24.2. The van der Waals surface area contributed by atoms with Crippen LogP contribution >= 0.6 is 0 Å². The van der Waals surface area contributed by atoms with Crippen molar-refractivity contribution in [2.75, 3.05) is 5.32 Å². The lowest BCUT2D eigenvalue weighted by molar-refractivity contribution is -0.148. The van der Waals surface area contributed by atoms with Crippen molar-refractivity contribution in [3.05, 3.63) is 96.6 Å². The Morgan fingerprint density at radius 2 is 1.41 bits per heavy atom. The van der Waals surface area contributed by atoms with Crippen LogP contribution in [0.3, 0.4) is 0 Å². The van der Waals surface area contributed by atoms with Crippen molar-refractivity contribution < 1.29 is 19.1 Å². The molecule has 0 aliphatic carbocycles. The van der Waals surface area contributed by atoms with E-state index in [-0.39, 0.29) is 0 Å². The molecule has 1 N–H and O–H groups in total. The van der Waals surface area contributed by atoms with Crippen molar-refractivity contribution in [3.63, 3.8) is 0 Å². The topological polar surface area (TPSA) is 64.6 Å². The summed E-state index contributed by atoms with van der Waals surface area (Å²) in [5.74, 6) is 0.388. The third-order valence-electron chi connectivity index (χ3n) is 3.97. The van der Waals surface area contributed by atoms with E-state index in [9.17, 15) is 9.59 Å². The third-order valence-corrected chi connectivity index (χ3v) is 3.97. The Balaban J connectivity index is 1.50. The molecule has 3 aromatic rings. The number of carbonyl (C=O) groups excluding carboxylic acids is 2. The second-order valence-corrected chi connectivity index (χ2v) is 6.25. The summed E-state index contributed by atoms with van der Waals surface area (Å²) in [5, 5.41) is 2.72. The van der Waals surface area contributed by atoms with Gasteiger partial charge in [0.15, 0.2) is 6.10 Å². The molecule has 5 nitrogen and oxygen atoms in total. The van der Waals surface area contributed by atoms with Gasteiger partial charge in [0.05, 0.1) is 0 Å². The number of carbonyl (C=O) groups is 2. The Bertz CT molecular complexity index is 967. The molecule has 0 heterocycles. The second kappa shape index (κ2) is 9.90. The van der Waals surface area contributed by atoms with E-state index in [1.807, 2.05) is 60.7 Å². The maximum atomic E-state index is 12.3. The number of hydrogen-bond acceptors (Lipinski definition) is 4. The van der Waals surface area contributed by atoms with E-state index in [1.165, 1.54) is 13.0 Å². The summed E-state index contributed by atoms with van der Waals surface area (Å²) < 4.78 is 10.9. The molecule has 0 fully saturated rings. The van der Waals surface area contributed by atoms with Crippen LogP contribution in [0, 0.1) is 0 Å². The molecule has 3 aromatic carbocycles.